The fraction of sp³-hybridized carbons (Fsp3) is 0.294. The quantitative estimate of drug-likeness (QED) is 0.185. The second-order valence-corrected chi connectivity index (χ2v) is 10.7. The molecule has 2 N–H and O–H groups in total. The lowest BCUT2D eigenvalue weighted by molar-refractivity contribution is 0.961. The zero-order chi connectivity index (χ0) is 28.3. The van der Waals surface area contributed by atoms with Gasteiger partial charge >= 0.3 is 0 Å². The molecular formula is C34H34N4O2. The number of nitrogens with zero attached hydrogens (tertiary/aromatic N) is 2. The molecule has 0 saturated carbocycles. The van der Waals surface area contributed by atoms with Gasteiger partial charge in [0.05, 0.1) is 11.0 Å². The van der Waals surface area contributed by atoms with E-state index in [4.69, 9.17) is 9.97 Å². The summed E-state index contributed by atoms with van der Waals surface area (Å²) >= 11 is 0. The van der Waals surface area contributed by atoms with E-state index in [2.05, 4.69) is 87.9 Å². The first-order chi connectivity index (χ1) is 19.3. The van der Waals surface area contributed by atoms with Gasteiger partial charge in [-0.1, -0.05) is 45.9 Å². The van der Waals surface area contributed by atoms with Gasteiger partial charge in [-0.2, -0.15) is 0 Å². The summed E-state index contributed by atoms with van der Waals surface area (Å²) < 4.78 is 0. The predicted molar refractivity (Wildman–Crippen MR) is 166 cm³/mol. The van der Waals surface area contributed by atoms with Gasteiger partial charge in [0.2, 0.25) is 0 Å². The van der Waals surface area contributed by atoms with Crippen molar-refractivity contribution in [1.29, 1.82) is 0 Å². The highest BCUT2D eigenvalue weighted by atomic mass is 16.1. The molecule has 202 valence electrons. The molecule has 0 saturated heterocycles. The van der Waals surface area contributed by atoms with Crippen LogP contribution in [0.15, 0.2) is 46.0 Å². The van der Waals surface area contributed by atoms with Crippen LogP contribution in [0.5, 0.6) is 0 Å². The van der Waals surface area contributed by atoms with Gasteiger partial charge in [-0.15, -0.1) is 0 Å². The predicted octanol–water partition coefficient (Wildman–Crippen LogP) is 7.00. The summed E-state index contributed by atoms with van der Waals surface area (Å²) in [6, 6.07) is 12.7. The molecule has 6 heteroatoms. The van der Waals surface area contributed by atoms with Gasteiger partial charge in [-0.05, 0) is 91.1 Å². The van der Waals surface area contributed by atoms with Gasteiger partial charge in [0.25, 0.3) is 11.1 Å². The Morgan fingerprint density at radius 1 is 0.625 bits per heavy atom. The minimum atomic E-state index is -0.198. The molecule has 0 amide bonds. The van der Waals surface area contributed by atoms with Crippen LogP contribution in [0.1, 0.15) is 61.3 Å². The van der Waals surface area contributed by atoms with E-state index in [-0.39, 0.29) is 11.1 Å². The zero-order valence-electron chi connectivity index (χ0n) is 24.0. The number of H-pyrrole nitrogens is 2. The Bertz CT molecular complexity index is 2100. The Labute approximate surface area is 232 Å². The fourth-order valence-corrected chi connectivity index (χ4v) is 6.49. The van der Waals surface area contributed by atoms with Crippen molar-refractivity contribution >= 4 is 43.6 Å². The molecule has 0 unspecified atom stereocenters. The van der Waals surface area contributed by atoms with Crippen molar-refractivity contribution in [3.8, 4) is 11.1 Å². The fourth-order valence-electron chi connectivity index (χ4n) is 6.49. The monoisotopic (exact) mass is 530 g/mol. The largest absolute Gasteiger partial charge is 0.324 e. The van der Waals surface area contributed by atoms with Crippen molar-refractivity contribution in [3.05, 3.63) is 90.7 Å². The van der Waals surface area contributed by atoms with Gasteiger partial charge < -0.3 is 9.97 Å². The van der Waals surface area contributed by atoms with E-state index in [1.807, 2.05) is 0 Å². The SMILES string of the molecule is CCc1[nH]c(=O)c2nc3c(cc(-c4c(C)cccc4C)c4cc5c(CC)c(CC)[nH]c(=O)c5nc43)cc2c1CC. The highest BCUT2D eigenvalue weighted by Crippen LogP contribution is 2.39. The zero-order valence-corrected chi connectivity index (χ0v) is 24.0. The Morgan fingerprint density at radius 2 is 1.15 bits per heavy atom. The van der Waals surface area contributed by atoms with Crippen molar-refractivity contribution in [1.82, 2.24) is 19.9 Å². The summed E-state index contributed by atoms with van der Waals surface area (Å²) in [6.07, 6.45) is 3.06. The van der Waals surface area contributed by atoms with Crippen molar-refractivity contribution < 1.29 is 0 Å². The van der Waals surface area contributed by atoms with Crippen molar-refractivity contribution in [2.45, 2.75) is 67.2 Å². The molecule has 6 rings (SSSR count). The third kappa shape index (κ3) is 3.77. The van der Waals surface area contributed by atoms with Crippen LogP contribution < -0.4 is 11.1 Å². The molecule has 0 radical (unpaired) electrons. The number of nitrogens with one attached hydrogen (secondary N) is 2. The maximum Gasteiger partial charge on any atom is 0.274 e. The minimum Gasteiger partial charge on any atom is -0.324 e. The summed E-state index contributed by atoms with van der Waals surface area (Å²) in [4.78, 5) is 42.6. The van der Waals surface area contributed by atoms with Crippen LogP contribution in [0.25, 0.3) is 54.7 Å². The normalized spacial score (nSPS) is 11.8. The van der Waals surface area contributed by atoms with Crippen LogP contribution in [-0.4, -0.2) is 19.9 Å². The average Bonchev–Trinajstić information content (AvgIpc) is 2.95. The van der Waals surface area contributed by atoms with Gasteiger partial charge in [0.1, 0.15) is 11.0 Å². The molecule has 0 aliphatic carbocycles. The molecular weight excluding hydrogens is 496 g/mol. The topological polar surface area (TPSA) is 91.5 Å². The van der Waals surface area contributed by atoms with Crippen LogP contribution in [0.4, 0.5) is 0 Å². The molecule has 0 spiro atoms. The number of aryl methyl sites for hydroxylation is 6. The Hall–Kier alpha value is -4.32. The second-order valence-electron chi connectivity index (χ2n) is 10.7. The average molecular weight is 531 g/mol. The third-order valence-corrected chi connectivity index (χ3v) is 8.39. The van der Waals surface area contributed by atoms with Crippen LogP contribution in [0, 0.1) is 13.8 Å². The number of aromatic amines is 2. The van der Waals surface area contributed by atoms with Crippen molar-refractivity contribution in [2.75, 3.05) is 0 Å². The molecule has 0 aliphatic heterocycles. The summed E-state index contributed by atoms with van der Waals surface area (Å²) in [5.74, 6) is 0. The molecule has 0 atom stereocenters. The molecule has 4 heterocycles. The summed E-state index contributed by atoms with van der Waals surface area (Å²) in [5.41, 5.74) is 10.4. The van der Waals surface area contributed by atoms with E-state index in [0.29, 0.717) is 22.1 Å². The van der Waals surface area contributed by atoms with Gasteiger partial charge in [0.15, 0.2) is 0 Å². The number of benzene rings is 2. The molecule has 0 fully saturated rings. The van der Waals surface area contributed by atoms with E-state index in [1.54, 1.807) is 0 Å². The highest BCUT2D eigenvalue weighted by Gasteiger charge is 2.20. The van der Waals surface area contributed by atoms with Crippen LogP contribution in [0.3, 0.4) is 0 Å². The third-order valence-electron chi connectivity index (χ3n) is 8.39. The van der Waals surface area contributed by atoms with E-state index >= 15 is 0 Å². The molecule has 6 aromatic rings. The van der Waals surface area contributed by atoms with Crippen LogP contribution in [-0.2, 0) is 25.7 Å². The molecule has 2 aromatic carbocycles. The first-order valence-electron chi connectivity index (χ1n) is 14.3. The van der Waals surface area contributed by atoms with E-state index in [9.17, 15) is 9.59 Å². The molecule has 0 bridgehead atoms. The number of fused-ring (bicyclic) bond motifs is 5. The lowest BCUT2D eigenvalue weighted by atomic mass is 9.90. The molecule has 4 aromatic heterocycles. The number of pyridine rings is 4. The first kappa shape index (κ1) is 25.9. The maximum atomic E-state index is 13.3. The first-order valence-corrected chi connectivity index (χ1v) is 14.3. The number of rotatable bonds is 5. The molecule has 40 heavy (non-hydrogen) atoms. The highest BCUT2D eigenvalue weighted by molar-refractivity contribution is 6.15. The lowest BCUT2D eigenvalue weighted by Gasteiger charge is -2.17. The van der Waals surface area contributed by atoms with Gasteiger partial charge in [-0.25, -0.2) is 9.97 Å². The second kappa shape index (κ2) is 9.70. The minimum absolute atomic E-state index is 0.197. The smallest absolute Gasteiger partial charge is 0.274 e. The Balaban J connectivity index is 1.89. The Morgan fingerprint density at radius 3 is 1.68 bits per heavy atom. The van der Waals surface area contributed by atoms with Crippen LogP contribution in [0.2, 0.25) is 0 Å². The molecule has 0 aliphatic rings. The lowest BCUT2D eigenvalue weighted by Crippen LogP contribution is -2.15. The number of hydrogen-bond donors (Lipinski definition) is 2. The standard InChI is InChI=1S/C34H34N4O2/c1-7-20-23-15-19-14-22(28-17(5)12-11-13-18(28)6)25-16-24-21(8-2)27(10-4)36-34(40)32(24)38-30(25)29(19)37-31(23)33(39)35-26(20)9-3/h11-16H,7-10H2,1-6H3,(H,35,39)(H,36,40). The number of hydrogen-bond acceptors (Lipinski definition) is 4. The Kier molecular flexibility index (Phi) is 6.29. The van der Waals surface area contributed by atoms with Gasteiger partial charge in [0, 0.05) is 32.9 Å². The van der Waals surface area contributed by atoms with Crippen molar-refractivity contribution in [3.63, 3.8) is 0 Å². The molecule has 6 nitrogen and oxygen atoms in total. The summed E-state index contributed by atoms with van der Waals surface area (Å²) in [6.45, 7) is 12.6. The van der Waals surface area contributed by atoms with E-state index < -0.39 is 0 Å². The summed E-state index contributed by atoms with van der Waals surface area (Å²) in [5, 5.41) is 3.59. The summed E-state index contributed by atoms with van der Waals surface area (Å²) in [7, 11) is 0. The van der Waals surface area contributed by atoms with Gasteiger partial charge in [-0.3, -0.25) is 9.59 Å². The van der Waals surface area contributed by atoms with Crippen LogP contribution >= 0.6 is 0 Å². The maximum absolute atomic E-state index is 13.3. The van der Waals surface area contributed by atoms with E-state index in [0.717, 1.165) is 80.9 Å². The van der Waals surface area contributed by atoms with Crippen molar-refractivity contribution in [2.24, 2.45) is 0 Å². The van der Waals surface area contributed by atoms with E-state index in [1.165, 1.54) is 11.1 Å². The number of aromatic nitrogens is 4.